The second-order valence-electron chi connectivity index (χ2n) is 6.67. The topological polar surface area (TPSA) is 78.7 Å². The Balaban J connectivity index is 1.57. The normalized spacial score (nSPS) is 10.8. The first-order chi connectivity index (χ1) is 14.4. The lowest BCUT2D eigenvalue weighted by atomic mass is 10.1. The Bertz CT molecular complexity index is 1110. The molecule has 0 saturated heterocycles. The number of halogens is 2. The third-order valence-electron chi connectivity index (χ3n) is 4.13. The van der Waals surface area contributed by atoms with E-state index in [9.17, 15) is 10.1 Å². The summed E-state index contributed by atoms with van der Waals surface area (Å²) in [6, 6.07) is 11.1. The van der Waals surface area contributed by atoms with Gasteiger partial charge in [0.05, 0.1) is 21.3 Å². The van der Waals surface area contributed by atoms with E-state index in [1.54, 1.807) is 18.2 Å². The van der Waals surface area contributed by atoms with Crippen LogP contribution in [0.3, 0.4) is 0 Å². The molecule has 2 aromatic heterocycles. The van der Waals surface area contributed by atoms with Crippen molar-refractivity contribution in [2.75, 3.05) is 11.1 Å². The van der Waals surface area contributed by atoms with E-state index in [1.807, 2.05) is 17.5 Å². The third-order valence-corrected chi connectivity index (χ3v) is 6.62. The number of amides is 1. The minimum absolute atomic E-state index is 0.143. The van der Waals surface area contributed by atoms with Crippen LogP contribution in [0, 0.1) is 11.3 Å². The van der Waals surface area contributed by atoms with Crippen molar-refractivity contribution in [2.24, 2.45) is 0 Å². The van der Waals surface area contributed by atoms with Gasteiger partial charge in [0, 0.05) is 28.8 Å². The van der Waals surface area contributed by atoms with Gasteiger partial charge < -0.3 is 5.32 Å². The fourth-order valence-corrected chi connectivity index (χ4v) is 4.47. The van der Waals surface area contributed by atoms with Crippen molar-refractivity contribution < 1.29 is 4.79 Å². The monoisotopic (exact) mass is 476 g/mol. The van der Waals surface area contributed by atoms with Crippen molar-refractivity contribution in [3.05, 3.63) is 57.0 Å². The van der Waals surface area contributed by atoms with Gasteiger partial charge in [-0.3, -0.25) is 4.79 Å². The predicted octanol–water partition coefficient (Wildman–Crippen LogP) is 6.63. The second-order valence-corrected chi connectivity index (χ2v) is 9.42. The average molecular weight is 477 g/mol. The molecule has 3 rings (SSSR count). The summed E-state index contributed by atoms with van der Waals surface area (Å²) in [7, 11) is 0. The van der Waals surface area contributed by atoms with Gasteiger partial charge in [0.1, 0.15) is 11.1 Å². The van der Waals surface area contributed by atoms with Crippen LogP contribution in [0.25, 0.3) is 11.3 Å². The Labute approximate surface area is 193 Å². The fraction of sp³-hybridized carbons (Fsp3) is 0.238. The van der Waals surface area contributed by atoms with Gasteiger partial charge in [0.15, 0.2) is 5.13 Å². The lowest BCUT2D eigenvalue weighted by Crippen LogP contribution is -2.12. The van der Waals surface area contributed by atoms with Gasteiger partial charge in [-0.25, -0.2) is 9.97 Å². The summed E-state index contributed by atoms with van der Waals surface area (Å²) in [5, 5.41) is 16.1. The van der Waals surface area contributed by atoms with Crippen LogP contribution in [0.5, 0.6) is 0 Å². The largest absolute Gasteiger partial charge is 0.302 e. The summed E-state index contributed by atoms with van der Waals surface area (Å²) in [5.41, 5.74) is 3.00. The molecule has 0 aliphatic heterocycles. The number of pyridine rings is 1. The van der Waals surface area contributed by atoms with Gasteiger partial charge >= 0.3 is 0 Å². The highest BCUT2D eigenvalue weighted by Gasteiger charge is 2.12. The maximum atomic E-state index is 12.3. The first kappa shape index (κ1) is 22.6. The van der Waals surface area contributed by atoms with Gasteiger partial charge in [-0.1, -0.05) is 43.1 Å². The van der Waals surface area contributed by atoms with E-state index in [4.69, 9.17) is 23.2 Å². The lowest BCUT2D eigenvalue weighted by molar-refractivity contribution is -0.115. The Morgan fingerprint density at radius 3 is 2.73 bits per heavy atom. The maximum absolute atomic E-state index is 12.3. The lowest BCUT2D eigenvalue weighted by Gasteiger charge is -2.08. The zero-order valence-electron chi connectivity index (χ0n) is 16.3. The quantitative estimate of drug-likeness (QED) is 0.387. The zero-order valence-corrected chi connectivity index (χ0v) is 19.4. The van der Waals surface area contributed by atoms with Crippen molar-refractivity contribution in [1.82, 2.24) is 9.97 Å². The number of carbonyl (C=O) groups excluding carboxylic acids is 1. The molecule has 0 bridgehead atoms. The molecule has 0 atom stereocenters. The molecule has 3 aromatic rings. The summed E-state index contributed by atoms with van der Waals surface area (Å²) in [5.74, 6) is 0.645. The van der Waals surface area contributed by atoms with E-state index in [0.29, 0.717) is 31.5 Å². The van der Waals surface area contributed by atoms with Gasteiger partial charge in [-0.2, -0.15) is 5.26 Å². The summed E-state index contributed by atoms with van der Waals surface area (Å²) in [6.07, 6.45) is 0.283. The van der Waals surface area contributed by atoms with E-state index >= 15 is 0 Å². The molecule has 0 fully saturated rings. The van der Waals surface area contributed by atoms with Crippen LogP contribution in [0.2, 0.25) is 10.0 Å². The van der Waals surface area contributed by atoms with Crippen molar-refractivity contribution in [3.8, 4) is 17.3 Å². The number of aromatic nitrogens is 2. The first-order valence-corrected chi connectivity index (χ1v) is 11.7. The summed E-state index contributed by atoms with van der Waals surface area (Å²) >= 11 is 14.8. The van der Waals surface area contributed by atoms with E-state index in [-0.39, 0.29) is 18.2 Å². The SMILES string of the molecule is CC(C)c1ccc(C#N)c(SCCC(=O)Nc2nc(-c3ccc(Cl)c(Cl)c3)cs2)n1. The number of nitrogens with one attached hydrogen (secondary N) is 1. The summed E-state index contributed by atoms with van der Waals surface area (Å²) < 4.78 is 0. The van der Waals surface area contributed by atoms with Gasteiger partial charge in [-0.05, 0) is 30.2 Å². The maximum Gasteiger partial charge on any atom is 0.226 e. The molecule has 1 amide bonds. The highest BCUT2D eigenvalue weighted by atomic mass is 35.5. The molecule has 154 valence electrons. The number of benzene rings is 1. The van der Waals surface area contributed by atoms with E-state index in [0.717, 1.165) is 17.0 Å². The molecule has 0 radical (unpaired) electrons. The number of nitrogens with zero attached hydrogens (tertiary/aromatic N) is 3. The van der Waals surface area contributed by atoms with Gasteiger partial charge in [0.2, 0.25) is 5.91 Å². The van der Waals surface area contributed by atoms with E-state index in [1.165, 1.54) is 23.1 Å². The van der Waals surface area contributed by atoms with Crippen molar-refractivity contribution in [2.45, 2.75) is 31.2 Å². The molecule has 0 aliphatic carbocycles. The second kappa shape index (κ2) is 10.3. The molecule has 0 aliphatic rings. The molecule has 1 N–H and O–H groups in total. The number of nitriles is 1. The number of carbonyl (C=O) groups is 1. The van der Waals surface area contributed by atoms with Crippen LogP contribution < -0.4 is 5.32 Å². The highest BCUT2D eigenvalue weighted by Crippen LogP contribution is 2.30. The van der Waals surface area contributed by atoms with Crippen molar-refractivity contribution in [1.29, 1.82) is 5.26 Å². The number of thioether (sulfide) groups is 1. The van der Waals surface area contributed by atoms with E-state index in [2.05, 4.69) is 35.2 Å². The Morgan fingerprint density at radius 2 is 2.03 bits per heavy atom. The van der Waals surface area contributed by atoms with Crippen LogP contribution in [0.15, 0.2) is 40.7 Å². The molecule has 0 spiro atoms. The highest BCUT2D eigenvalue weighted by molar-refractivity contribution is 7.99. The number of hydrogen-bond donors (Lipinski definition) is 1. The third kappa shape index (κ3) is 5.73. The van der Waals surface area contributed by atoms with Crippen LogP contribution in [0.4, 0.5) is 5.13 Å². The number of rotatable bonds is 7. The average Bonchev–Trinajstić information content (AvgIpc) is 3.18. The molecule has 0 saturated carbocycles. The number of hydrogen-bond acceptors (Lipinski definition) is 6. The smallest absolute Gasteiger partial charge is 0.226 e. The van der Waals surface area contributed by atoms with Crippen LogP contribution in [-0.4, -0.2) is 21.6 Å². The molecule has 9 heteroatoms. The van der Waals surface area contributed by atoms with Crippen molar-refractivity contribution >= 4 is 57.3 Å². The molecule has 1 aromatic carbocycles. The first-order valence-electron chi connectivity index (χ1n) is 9.12. The van der Waals surface area contributed by atoms with Gasteiger partial charge in [-0.15, -0.1) is 23.1 Å². The fourth-order valence-electron chi connectivity index (χ4n) is 2.51. The Hall–Kier alpha value is -2.11. The molecular formula is C21H18Cl2N4OS2. The predicted molar refractivity (Wildman–Crippen MR) is 125 cm³/mol. The summed E-state index contributed by atoms with van der Waals surface area (Å²) in [4.78, 5) is 21.3. The molecule has 5 nitrogen and oxygen atoms in total. The van der Waals surface area contributed by atoms with Crippen LogP contribution >= 0.6 is 46.3 Å². The standard InChI is InChI=1S/C21H18Cl2N4OS2/c1-12(2)17-6-4-14(10-24)20(25-17)29-8-7-19(28)27-21-26-18(11-30-21)13-3-5-15(22)16(23)9-13/h3-6,9,11-12H,7-8H2,1-2H3,(H,26,27,28). The number of thiazole rings is 1. The molecule has 0 unspecified atom stereocenters. The Morgan fingerprint density at radius 1 is 1.23 bits per heavy atom. The van der Waals surface area contributed by atoms with Gasteiger partial charge in [0.25, 0.3) is 0 Å². The van der Waals surface area contributed by atoms with Crippen LogP contribution in [0.1, 0.15) is 37.4 Å². The van der Waals surface area contributed by atoms with Crippen LogP contribution in [-0.2, 0) is 4.79 Å². The van der Waals surface area contributed by atoms with Crippen molar-refractivity contribution in [3.63, 3.8) is 0 Å². The minimum atomic E-state index is -0.143. The zero-order chi connectivity index (χ0) is 21.7. The molecule has 2 heterocycles. The Kier molecular flexibility index (Phi) is 7.73. The van der Waals surface area contributed by atoms with E-state index < -0.39 is 0 Å². The molecular weight excluding hydrogens is 459 g/mol. The number of anilines is 1. The summed E-state index contributed by atoms with van der Waals surface area (Å²) in [6.45, 7) is 4.10. The minimum Gasteiger partial charge on any atom is -0.302 e. The molecule has 30 heavy (non-hydrogen) atoms.